The van der Waals surface area contributed by atoms with Crippen LogP contribution in [-0.2, 0) is 6.42 Å². The molecule has 0 spiro atoms. The molecule has 0 aliphatic heterocycles. The van der Waals surface area contributed by atoms with E-state index in [-0.39, 0.29) is 0 Å². The van der Waals surface area contributed by atoms with Crippen LogP contribution >= 0.6 is 0 Å². The molecule has 0 radical (unpaired) electrons. The molecule has 15 heavy (non-hydrogen) atoms. The summed E-state index contributed by atoms with van der Waals surface area (Å²) in [4.78, 5) is 0. The second-order valence-corrected chi connectivity index (χ2v) is 3.37. The van der Waals surface area contributed by atoms with Crippen LogP contribution < -0.4 is 0 Å². The van der Waals surface area contributed by atoms with Gasteiger partial charge in [-0.05, 0) is 18.1 Å². The van der Waals surface area contributed by atoms with Crippen molar-refractivity contribution in [3.63, 3.8) is 0 Å². The fraction of sp³-hybridized carbons (Fsp3) is 0.250. The van der Waals surface area contributed by atoms with Crippen LogP contribution in [0, 0.1) is 11.3 Å². The molecule has 1 N–H and O–H groups in total. The Balaban J connectivity index is 2.61. The summed E-state index contributed by atoms with van der Waals surface area (Å²) in [6.45, 7) is 2.04. The van der Waals surface area contributed by atoms with E-state index in [9.17, 15) is 5.11 Å². The molecular formula is C12H11NO2. The molecule has 1 aromatic heterocycles. The summed E-state index contributed by atoms with van der Waals surface area (Å²) in [7, 11) is 0. The number of aliphatic hydroxyl groups is 1. The van der Waals surface area contributed by atoms with Crippen molar-refractivity contribution in [2.75, 3.05) is 0 Å². The first kappa shape index (κ1) is 9.75. The van der Waals surface area contributed by atoms with Crippen LogP contribution in [0.5, 0.6) is 0 Å². The number of hydrogen-bond acceptors (Lipinski definition) is 3. The molecule has 0 aliphatic rings. The molecule has 1 atom stereocenters. The zero-order valence-electron chi connectivity index (χ0n) is 8.40. The van der Waals surface area contributed by atoms with Gasteiger partial charge < -0.3 is 9.52 Å². The highest BCUT2D eigenvalue weighted by Gasteiger charge is 2.13. The summed E-state index contributed by atoms with van der Waals surface area (Å²) >= 11 is 0. The molecule has 0 fully saturated rings. The van der Waals surface area contributed by atoms with Crippen LogP contribution in [0.4, 0.5) is 0 Å². The fourth-order valence-corrected chi connectivity index (χ4v) is 1.62. The Kier molecular flexibility index (Phi) is 2.44. The van der Waals surface area contributed by atoms with Gasteiger partial charge in [-0.25, -0.2) is 0 Å². The van der Waals surface area contributed by atoms with Crippen molar-refractivity contribution in [3.05, 3.63) is 35.6 Å². The Hall–Kier alpha value is -1.79. The average molecular weight is 201 g/mol. The third kappa shape index (κ3) is 1.60. The predicted octanol–water partition coefficient (Wildman–Crippen LogP) is 2.55. The third-order valence-corrected chi connectivity index (χ3v) is 2.42. The molecule has 0 amide bonds. The van der Waals surface area contributed by atoms with E-state index in [1.165, 1.54) is 0 Å². The number of benzene rings is 1. The van der Waals surface area contributed by atoms with E-state index in [2.05, 4.69) is 0 Å². The summed E-state index contributed by atoms with van der Waals surface area (Å²) < 4.78 is 5.47. The molecule has 0 saturated heterocycles. The number of nitriles is 1. The van der Waals surface area contributed by atoms with Gasteiger partial charge in [0.15, 0.2) is 6.10 Å². The standard InChI is InChI=1S/C12H11NO2/c1-2-8-4-3-5-9-6-11(10(14)7-13)15-12(8)9/h3-6,10,14H,2H2,1H3. The number of nitrogens with zero attached hydrogens (tertiary/aromatic N) is 1. The lowest BCUT2D eigenvalue weighted by Crippen LogP contribution is -1.88. The minimum Gasteiger partial charge on any atom is -0.457 e. The van der Waals surface area contributed by atoms with Crippen molar-refractivity contribution in [2.45, 2.75) is 19.4 Å². The molecule has 76 valence electrons. The van der Waals surface area contributed by atoms with Gasteiger partial charge in [0.25, 0.3) is 0 Å². The Morgan fingerprint density at radius 3 is 3.00 bits per heavy atom. The van der Waals surface area contributed by atoms with Crippen LogP contribution in [0.1, 0.15) is 24.4 Å². The highest BCUT2D eigenvalue weighted by Crippen LogP contribution is 2.26. The molecule has 1 aromatic carbocycles. The normalized spacial score (nSPS) is 12.6. The average Bonchev–Trinajstić information content (AvgIpc) is 2.71. The summed E-state index contributed by atoms with van der Waals surface area (Å²) in [5.41, 5.74) is 1.85. The first-order valence-corrected chi connectivity index (χ1v) is 4.85. The van der Waals surface area contributed by atoms with Crippen LogP contribution in [0.3, 0.4) is 0 Å². The fourth-order valence-electron chi connectivity index (χ4n) is 1.62. The van der Waals surface area contributed by atoms with Crippen molar-refractivity contribution in [2.24, 2.45) is 0 Å². The molecule has 0 saturated carbocycles. The Morgan fingerprint density at radius 1 is 1.53 bits per heavy atom. The van der Waals surface area contributed by atoms with E-state index in [1.807, 2.05) is 25.1 Å². The van der Waals surface area contributed by atoms with E-state index < -0.39 is 6.10 Å². The molecule has 1 heterocycles. The zero-order chi connectivity index (χ0) is 10.8. The van der Waals surface area contributed by atoms with Crippen LogP contribution in [0.25, 0.3) is 11.0 Å². The third-order valence-electron chi connectivity index (χ3n) is 2.42. The number of furan rings is 1. The maximum atomic E-state index is 9.34. The number of fused-ring (bicyclic) bond motifs is 1. The quantitative estimate of drug-likeness (QED) is 0.759. The summed E-state index contributed by atoms with van der Waals surface area (Å²) in [5.74, 6) is 0.313. The Bertz CT molecular complexity index is 522. The van der Waals surface area contributed by atoms with E-state index >= 15 is 0 Å². The second-order valence-electron chi connectivity index (χ2n) is 3.37. The molecule has 2 aromatic rings. The molecule has 0 bridgehead atoms. The number of hydrogen-bond donors (Lipinski definition) is 1. The molecule has 1 unspecified atom stereocenters. The van der Waals surface area contributed by atoms with E-state index in [0.29, 0.717) is 5.76 Å². The molecular weight excluding hydrogens is 190 g/mol. The molecule has 2 rings (SSSR count). The van der Waals surface area contributed by atoms with Gasteiger partial charge in [0.05, 0.1) is 0 Å². The lowest BCUT2D eigenvalue weighted by molar-refractivity contribution is 0.207. The topological polar surface area (TPSA) is 57.2 Å². The Morgan fingerprint density at radius 2 is 2.33 bits per heavy atom. The summed E-state index contributed by atoms with van der Waals surface area (Å²) in [5, 5.41) is 18.8. The van der Waals surface area contributed by atoms with Gasteiger partial charge in [-0.15, -0.1) is 0 Å². The van der Waals surface area contributed by atoms with E-state index in [1.54, 1.807) is 12.1 Å². The van der Waals surface area contributed by atoms with Crippen LogP contribution in [0.2, 0.25) is 0 Å². The molecule has 3 heteroatoms. The first-order chi connectivity index (χ1) is 7.26. The van der Waals surface area contributed by atoms with Gasteiger partial charge >= 0.3 is 0 Å². The number of aliphatic hydroxyl groups excluding tert-OH is 1. The lowest BCUT2D eigenvalue weighted by Gasteiger charge is -1.97. The number of para-hydroxylation sites is 1. The minimum atomic E-state index is -1.18. The lowest BCUT2D eigenvalue weighted by atomic mass is 10.1. The van der Waals surface area contributed by atoms with Crippen LogP contribution in [-0.4, -0.2) is 5.11 Å². The van der Waals surface area contributed by atoms with Gasteiger partial charge in [0.2, 0.25) is 0 Å². The van der Waals surface area contributed by atoms with Gasteiger partial charge in [0.1, 0.15) is 17.4 Å². The zero-order valence-corrected chi connectivity index (χ0v) is 8.40. The molecule has 0 aliphatic carbocycles. The van der Waals surface area contributed by atoms with Gasteiger partial charge in [-0.1, -0.05) is 25.1 Å². The largest absolute Gasteiger partial charge is 0.457 e. The van der Waals surface area contributed by atoms with Gasteiger partial charge in [-0.3, -0.25) is 0 Å². The van der Waals surface area contributed by atoms with E-state index in [4.69, 9.17) is 9.68 Å². The Labute approximate surface area is 87.6 Å². The second kappa shape index (κ2) is 3.76. The summed E-state index contributed by atoms with van der Waals surface area (Å²) in [6.07, 6.45) is -0.311. The van der Waals surface area contributed by atoms with Crippen LogP contribution in [0.15, 0.2) is 28.7 Å². The maximum absolute atomic E-state index is 9.34. The number of rotatable bonds is 2. The van der Waals surface area contributed by atoms with Crippen molar-refractivity contribution in [1.82, 2.24) is 0 Å². The SMILES string of the molecule is CCc1cccc2cc(C(O)C#N)oc12. The van der Waals surface area contributed by atoms with Crippen molar-refractivity contribution >= 4 is 11.0 Å². The highest BCUT2D eigenvalue weighted by molar-refractivity contribution is 5.81. The smallest absolute Gasteiger partial charge is 0.198 e. The van der Waals surface area contributed by atoms with Gasteiger partial charge in [-0.2, -0.15) is 5.26 Å². The van der Waals surface area contributed by atoms with Gasteiger partial charge in [0, 0.05) is 5.39 Å². The minimum absolute atomic E-state index is 0.313. The van der Waals surface area contributed by atoms with Crippen molar-refractivity contribution in [1.29, 1.82) is 5.26 Å². The molecule has 3 nitrogen and oxygen atoms in total. The predicted molar refractivity (Wildman–Crippen MR) is 56.2 cm³/mol. The number of aryl methyl sites for hydroxylation is 1. The first-order valence-electron chi connectivity index (χ1n) is 4.85. The van der Waals surface area contributed by atoms with Crippen molar-refractivity contribution in [3.8, 4) is 6.07 Å². The highest BCUT2D eigenvalue weighted by atomic mass is 16.4. The van der Waals surface area contributed by atoms with E-state index in [0.717, 1.165) is 23.0 Å². The summed E-state index contributed by atoms with van der Waals surface area (Å²) in [6, 6.07) is 9.28. The monoisotopic (exact) mass is 201 g/mol. The van der Waals surface area contributed by atoms with Crippen molar-refractivity contribution < 1.29 is 9.52 Å². The maximum Gasteiger partial charge on any atom is 0.198 e.